The van der Waals surface area contributed by atoms with Crippen LogP contribution in [0.25, 0.3) is 0 Å². The maximum absolute atomic E-state index is 9.68. The van der Waals surface area contributed by atoms with Crippen LogP contribution in [0.1, 0.15) is 20.3 Å². The molecule has 0 fully saturated rings. The maximum atomic E-state index is 9.68. The van der Waals surface area contributed by atoms with Crippen molar-refractivity contribution in [2.75, 3.05) is 6.61 Å². The van der Waals surface area contributed by atoms with Crippen LogP contribution in [0, 0.1) is 10.1 Å². The topological polar surface area (TPSA) is 61.6 Å². The van der Waals surface area contributed by atoms with Crippen LogP contribution in [0.3, 0.4) is 0 Å². The van der Waals surface area contributed by atoms with E-state index in [1.54, 1.807) is 0 Å². The van der Waals surface area contributed by atoms with E-state index in [1.165, 1.54) is 6.92 Å². The largest absolute Gasteiger partial charge is 0.353 e. The number of hydrogen-bond acceptors (Lipinski definition) is 4. The summed E-state index contributed by atoms with van der Waals surface area (Å²) < 4.78 is 4.84. The first-order chi connectivity index (χ1) is 4.66. The molecule has 5 heteroatoms. The van der Waals surface area contributed by atoms with Crippen LogP contribution in [0.2, 0.25) is 0 Å². The summed E-state index contributed by atoms with van der Waals surface area (Å²) in [4.78, 5) is 13.7. The van der Waals surface area contributed by atoms with Gasteiger partial charge in [-0.25, -0.2) is 0 Å². The molecule has 0 N–H and O–H groups in total. The van der Waals surface area contributed by atoms with Crippen LogP contribution < -0.4 is 0 Å². The van der Waals surface area contributed by atoms with E-state index in [1.807, 2.05) is 6.92 Å². The number of hydrogen-bond donors (Lipinski definition) is 0. The molecular formula is C5H11NO4. The van der Waals surface area contributed by atoms with Crippen LogP contribution >= 0.6 is 0 Å². The van der Waals surface area contributed by atoms with Gasteiger partial charge < -0.3 is 4.74 Å². The highest BCUT2D eigenvalue weighted by molar-refractivity contribution is 4.27. The lowest BCUT2D eigenvalue weighted by atomic mass is 10.5. The van der Waals surface area contributed by atoms with Crippen molar-refractivity contribution in [1.82, 2.24) is 0 Å². The summed E-state index contributed by atoms with van der Waals surface area (Å²) >= 11 is 0. The molecule has 0 aliphatic heterocycles. The second kappa shape index (κ2) is 4.99. The first-order valence-electron chi connectivity index (χ1n) is 3.09. The molecule has 0 spiro atoms. The van der Waals surface area contributed by atoms with Gasteiger partial charge in [0.1, 0.15) is 0 Å². The van der Waals surface area contributed by atoms with Crippen LogP contribution in [0.15, 0.2) is 0 Å². The second-order valence-electron chi connectivity index (χ2n) is 1.77. The predicted molar refractivity (Wildman–Crippen MR) is 33.8 cm³/mol. The smallest absolute Gasteiger partial charge is 0.297 e. The Morgan fingerprint density at radius 1 is 1.70 bits per heavy atom. The molecular weight excluding hydrogens is 138 g/mol. The van der Waals surface area contributed by atoms with Crippen molar-refractivity contribution in [3.05, 3.63) is 10.1 Å². The predicted octanol–water partition coefficient (Wildman–Crippen LogP) is 0.967. The molecule has 5 nitrogen and oxygen atoms in total. The van der Waals surface area contributed by atoms with Crippen LogP contribution in [-0.4, -0.2) is 18.0 Å². The standard InChI is InChI=1S/C5H11NO4/c1-3-4-9-5(2)10-6(7)8/h5H,3-4H2,1-2H3. The third-order valence-corrected chi connectivity index (χ3v) is 0.791. The van der Waals surface area contributed by atoms with Crippen molar-refractivity contribution in [2.24, 2.45) is 0 Å². The van der Waals surface area contributed by atoms with E-state index >= 15 is 0 Å². The Bertz CT molecular complexity index is 106. The highest BCUT2D eigenvalue weighted by Crippen LogP contribution is 1.93. The number of rotatable bonds is 5. The summed E-state index contributed by atoms with van der Waals surface area (Å²) in [5.74, 6) is 0. The third-order valence-electron chi connectivity index (χ3n) is 0.791. The van der Waals surface area contributed by atoms with Gasteiger partial charge in [0.05, 0.1) is 0 Å². The van der Waals surface area contributed by atoms with Crippen molar-refractivity contribution < 1.29 is 14.7 Å². The van der Waals surface area contributed by atoms with Crippen molar-refractivity contribution in [2.45, 2.75) is 26.6 Å². The van der Waals surface area contributed by atoms with Crippen molar-refractivity contribution in [3.63, 3.8) is 0 Å². The Balaban J connectivity index is 3.25. The van der Waals surface area contributed by atoms with E-state index in [4.69, 9.17) is 4.74 Å². The molecule has 0 radical (unpaired) electrons. The minimum atomic E-state index is -0.861. The summed E-state index contributed by atoms with van der Waals surface area (Å²) in [7, 11) is 0. The number of ether oxygens (including phenoxy) is 1. The molecule has 0 saturated carbocycles. The maximum Gasteiger partial charge on any atom is 0.297 e. The highest BCUT2D eigenvalue weighted by Gasteiger charge is 2.04. The molecule has 1 atom stereocenters. The van der Waals surface area contributed by atoms with Gasteiger partial charge in [0.25, 0.3) is 5.09 Å². The zero-order valence-corrected chi connectivity index (χ0v) is 6.07. The Labute approximate surface area is 59.0 Å². The fourth-order valence-corrected chi connectivity index (χ4v) is 0.435. The van der Waals surface area contributed by atoms with Gasteiger partial charge in [-0.3, -0.25) is 4.84 Å². The van der Waals surface area contributed by atoms with Gasteiger partial charge in [-0.05, 0) is 13.3 Å². The zero-order valence-electron chi connectivity index (χ0n) is 6.07. The average molecular weight is 149 g/mol. The second-order valence-corrected chi connectivity index (χ2v) is 1.77. The fraction of sp³-hybridized carbons (Fsp3) is 1.00. The quantitative estimate of drug-likeness (QED) is 0.332. The molecule has 0 aliphatic rings. The molecule has 0 heterocycles. The Hall–Kier alpha value is -0.840. The SMILES string of the molecule is CCCOC(C)O[N+](=O)[O-]. The Kier molecular flexibility index (Phi) is 4.57. The molecule has 0 aromatic rings. The van der Waals surface area contributed by atoms with Crippen molar-refractivity contribution >= 4 is 0 Å². The summed E-state index contributed by atoms with van der Waals surface area (Å²) in [6.45, 7) is 3.88. The third kappa shape index (κ3) is 5.30. The molecule has 0 aromatic heterocycles. The summed E-state index contributed by atoms with van der Waals surface area (Å²) in [6, 6.07) is 0. The van der Waals surface area contributed by atoms with E-state index in [0.717, 1.165) is 6.42 Å². The van der Waals surface area contributed by atoms with E-state index in [9.17, 15) is 10.1 Å². The number of nitrogens with zero attached hydrogens (tertiary/aromatic N) is 1. The monoisotopic (exact) mass is 149 g/mol. The van der Waals surface area contributed by atoms with Gasteiger partial charge >= 0.3 is 0 Å². The van der Waals surface area contributed by atoms with E-state index in [-0.39, 0.29) is 0 Å². The summed E-state index contributed by atoms with van der Waals surface area (Å²) in [5.41, 5.74) is 0. The highest BCUT2D eigenvalue weighted by atomic mass is 17.0. The average Bonchev–Trinajstić information content (AvgIpc) is 1.82. The van der Waals surface area contributed by atoms with E-state index < -0.39 is 11.4 Å². The minimum absolute atomic E-state index is 0.481. The lowest BCUT2D eigenvalue weighted by Crippen LogP contribution is -2.17. The van der Waals surface area contributed by atoms with Gasteiger partial charge in [0.2, 0.25) is 6.29 Å². The van der Waals surface area contributed by atoms with Gasteiger partial charge in [-0.1, -0.05) is 6.92 Å². The van der Waals surface area contributed by atoms with E-state index in [0.29, 0.717) is 6.61 Å². The molecule has 0 amide bonds. The molecule has 0 saturated heterocycles. The molecule has 1 unspecified atom stereocenters. The van der Waals surface area contributed by atoms with E-state index in [2.05, 4.69) is 4.84 Å². The van der Waals surface area contributed by atoms with Gasteiger partial charge in [0, 0.05) is 6.61 Å². The molecule has 0 aromatic carbocycles. The van der Waals surface area contributed by atoms with Crippen molar-refractivity contribution in [1.29, 1.82) is 0 Å². The lowest BCUT2D eigenvalue weighted by Gasteiger charge is -2.08. The summed E-state index contributed by atoms with van der Waals surface area (Å²) in [5, 5.41) is 8.82. The Morgan fingerprint density at radius 2 is 2.30 bits per heavy atom. The molecule has 0 rings (SSSR count). The van der Waals surface area contributed by atoms with Crippen molar-refractivity contribution in [3.8, 4) is 0 Å². The summed E-state index contributed by atoms with van der Waals surface area (Å²) in [6.07, 6.45) is 0.0701. The van der Waals surface area contributed by atoms with Crippen LogP contribution in [0.4, 0.5) is 0 Å². The molecule has 0 aliphatic carbocycles. The van der Waals surface area contributed by atoms with Gasteiger partial charge in [-0.15, -0.1) is 10.1 Å². The van der Waals surface area contributed by atoms with Gasteiger partial charge in [-0.2, -0.15) is 0 Å². The van der Waals surface area contributed by atoms with Crippen LogP contribution in [-0.2, 0) is 9.57 Å². The normalized spacial score (nSPS) is 12.6. The molecule has 0 bridgehead atoms. The van der Waals surface area contributed by atoms with Gasteiger partial charge in [0.15, 0.2) is 0 Å². The first kappa shape index (κ1) is 9.16. The zero-order chi connectivity index (χ0) is 7.98. The minimum Gasteiger partial charge on any atom is -0.353 e. The molecule has 60 valence electrons. The van der Waals surface area contributed by atoms with Crippen LogP contribution in [0.5, 0.6) is 0 Å². The first-order valence-corrected chi connectivity index (χ1v) is 3.09. The Morgan fingerprint density at radius 3 is 2.70 bits per heavy atom. The molecule has 10 heavy (non-hydrogen) atoms. The lowest BCUT2D eigenvalue weighted by molar-refractivity contribution is -0.779. The fourth-order valence-electron chi connectivity index (χ4n) is 0.435.